The van der Waals surface area contributed by atoms with E-state index in [0.717, 1.165) is 0 Å². The molecule has 0 radical (unpaired) electrons. The van der Waals surface area contributed by atoms with E-state index in [1.807, 2.05) is 0 Å². The summed E-state index contributed by atoms with van der Waals surface area (Å²) in [6.07, 6.45) is 4.89. The van der Waals surface area contributed by atoms with E-state index >= 15 is 0 Å². The van der Waals surface area contributed by atoms with Gasteiger partial charge in [-0.3, -0.25) is 9.59 Å². The van der Waals surface area contributed by atoms with Crippen LogP contribution in [0.4, 0.5) is 0 Å². The molecule has 0 rings (SSSR count). The fourth-order valence-electron chi connectivity index (χ4n) is 1.84. The molecule has 0 atom stereocenters. The SMILES string of the molecule is CCCN(CCC)CCC.O=C(O)CCCCC(=O)O. The van der Waals surface area contributed by atoms with E-state index in [2.05, 4.69) is 25.7 Å². The van der Waals surface area contributed by atoms with Gasteiger partial charge in [-0.2, -0.15) is 0 Å². The zero-order valence-corrected chi connectivity index (χ0v) is 13.2. The first-order valence-electron chi connectivity index (χ1n) is 7.63. The fraction of sp³-hybridized carbons (Fsp3) is 0.867. The largest absolute Gasteiger partial charge is 0.481 e. The topological polar surface area (TPSA) is 77.8 Å². The number of rotatable bonds is 11. The smallest absolute Gasteiger partial charge is 0.303 e. The lowest BCUT2D eigenvalue weighted by Gasteiger charge is -2.19. The third-order valence-corrected chi connectivity index (χ3v) is 2.65. The van der Waals surface area contributed by atoms with E-state index in [9.17, 15) is 9.59 Å². The molecule has 0 unspecified atom stereocenters. The average molecular weight is 289 g/mol. The average Bonchev–Trinajstić information content (AvgIpc) is 2.36. The fourth-order valence-corrected chi connectivity index (χ4v) is 1.84. The Morgan fingerprint density at radius 1 is 0.750 bits per heavy atom. The van der Waals surface area contributed by atoms with Gasteiger partial charge in [0.15, 0.2) is 0 Å². The van der Waals surface area contributed by atoms with Crippen molar-refractivity contribution in [2.45, 2.75) is 65.7 Å². The molecule has 0 aromatic rings. The molecular weight excluding hydrogens is 258 g/mol. The van der Waals surface area contributed by atoms with Crippen LogP contribution in [0.5, 0.6) is 0 Å². The Hall–Kier alpha value is -1.10. The van der Waals surface area contributed by atoms with Crippen molar-refractivity contribution in [1.82, 2.24) is 4.90 Å². The predicted octanol–water partition coefficient (Wildman–Crippen LogP) is 3.23. The van der Waals surface area contributed by atoms with Crippen LogP contribution in [-0.2, 0) is 9.59 Å². The van der Waals surface area contributed by atoms with Crippen molar-refractivity contribution in [3.05, 3.63) is 0 Å². The van der Waals surface area contributed by atoms with Crippen LogP contribution < -0.4 is 0 Å². The van der Waals surface area contributed by atoms with E-state index in [1.54, 1.807) is 0 Å². The molecule has 20 heavy (non-hydrogen) atoms. The van der Waals surface area contributed by atoms with Crippen LogP contribution in [0, 0.1) is 0 Å². The molecule has 0 saturated heterocycles. The highest BCUT2D eigenvalue weighted by Crippen LogP contribution is 1.98. The molecule has 0 aliphatic carbocycles. The summed E-state index contributed by atoms with van der Waals surface area (Å²) in [6, 6.07) is 0. The summed E-state index contributed by atoms with van der Waals surface area (Å²) in [5.41, 5.74) is 0. The van der Waals surface area contributed by atoms with Crippen molar-refractivity contribution >= 4 is 11.9 Å². The van der Waals surface area contributed by atoms with Crippen molar-refractivity contribution in [3.8, 4) is 0 Å². The minimum absolute atomic E-state index is 0.0628. The zero-order chi connectivity index (χ0) is 15.8. The minimum Gasteiger partial charge on any atom is -0.481 e. The summed E-state index contributed by atoms with van der Waals surface area (Å²) < 4.78 is 0. The predicted molar refractivity (Wildman–Crippen MR) is 81.1 cm³/mol. The Morgan fingerprint density at radius 2 is 1.05 bits per heavy atom. The lowest BCUT2D eigenvalue weighted by atomic mass is 10.2. The van der Waals surface area contributed by atoms with Gasteiger partial charge in [-0.15, -0.1) is 0 Å². The number of carbonyl (C=O) groups is 2. The van der Waals surface area contributed by atoms with Crippen LogP contribution in [0.25, 0.3) is 0 Å². The van der Waals surface area contributed by atoms with Gasteiger partial charge in [-0.05, 0) is 51.7 Å². The Bertz CT molecular complexity index is 214. The van der Waals surface area contributed by atoms with Gasteiger partial charge in [0.05, 0.1) is 0 Å². The van der Waals surface area contributed by atoms with Crippen molar-refractivity contribution in [2.24, 2.45) is 0 Å². The molecule has 0 bridgehead atoms. The number of aliphatic carboxylic acids is 2. The maximum absolute atomic E-state index is 9.90. The van der Waals surface area contributed by atoms with Crippen LogP contribution in [0.3, 0.4) is 0 Å². The van der Waals surface area contributed by atoms with E-state index < -0.39 is 11.9 Å². The summed E-state index contributed by atoms with van der Waals surface area (Å²) >= 11 is 0. The minimum atomic E-state index is -0.870. The number of carboxylic acid groups (broad SMARTS) is 2. The summed E-state index contributed by atoms with van der Waals surface area (Å²) in [7, 11) is 0. The molecule has 120 valence electrons. The third kappa shape index (κ3) is 19.2. The molecule has 0 amide bonds. The standard InChI is InChI=1S/C9H21N.C6H10O4/c1-4-7-10(8-5-2)9-6-3;7-5(8)3-1-2-4-6(9)10/h4-9H2,1-3H3;1-4H2,(H,7,8)(H,9,10). The first-order chi connectivity index (χ1) is 9.47. The Labute approximate surface area is 123 Å². The summed E-state index contributed by atoms with van der Waals surface area (Å²) in [5, 5.41) is 16.3. The Balaban J connectivity index is 0. The molecule has 0 heterocycles. The summed E-state index contributed by atoms with van der Waals surface area (Å²) in [6.45, 7) is 10.6. The van der Waals surface area contributed by atoms with Crippen LogP contribution in [0.2, 0.25) is 0 Å². The number of unbranched alkanes of at least 4 members (excludes halogenated alkanes) is 1. The molecule has 0 aliphatic rings. The molecule has 0 saturated carbocycles. The van der Waals surface area contributed by atoms with E-state index in [4.69, 9.17) is 10.2 Å². The quantitative estimate of drug-likeness (QED) is 0.571. The number of nitrogens with zero attached hydrogens (tertiary/aromatic N) is 1. The number of hydrogen-bond donors (Lipinski definition) is 2. The van der Waals surface area contributed by atoms with Gasteiger partial charge in [0, 0.05) is 12.8 Å². The van der Waals surface area contributed by atoms with Crippen molar-refractivity contribution < 1.29 is 19.8 Å². The second-order valence-electron chi connectivity index (χ2n) is 4.84. The molecule has 0 spiro atoms. The van der Waals surface area contributed by atoms with Gasteiger partial charge >= 0.3 is 11.9 Å². The highest BCUT2D eigenvalue weighted by atomic mass is 16.4. The van der Waals surface area contributed by atoms with Crippen LogP contribution in [-0.4, -0.2) is 46.7 Å². The first-order valence-corrected chi connectivity index (χ1v) is 7.63. The van der Waals surface area contributed by atoms with Crippen LogP contribution in [0.15, 0.2) is 0 Å². The van der Waals surface area contributed by atoms with Gasteiger partial charge in [0.2, 0.25) is 0 Å². The van der Waals surface area contributed by atoms with E-state index in [-0.39, 0.29) is 12.8 Å². The first kappa shape index (κ1) is 21.2. The molecule has 0 aromatic carbocycles. The van der Waals surface area contributed by atoms with Crippen molar-refractivity contribution in [2.75, 3.05) is 19.6 Å². The van der Waals surface area contributed by atoms with E-state index in [1.165, 1.54) is 38.9 Å². The van der Waals surface area contributed by atoms with Gasteiger partial charge in [-0.25, -0.2) is 0 Å². The summed E-state index contributed by atoms with van der Waals surface area (Å²) in [5.74, 6) is -1.74. The molecular formula is C15H31NO4. The molecule has 0 aliphatic heterocycles. The van der Waals surface area contributed by atoms with Crippen molar-refractivity contribution in [1.29, 1.82) is 0 Å². The summed E-state index contributed by atoms with van der Waals surface area (Å²) in [4.78, 5) is 22.3. The number of hydrogen-bond acceptors (Lipinski definition) is 3. The van der Waals surface area contributed by atoms with Crippen LogP contribution >= 0.6 is 0 Å². The molecule has 0 fully saturated rings. The Kier molecular flexibility index (Phi) is 16.9. The van der Waals surface area contributed by atoms with Gasteiger partial charge < -0.3 is 15.1 Å². The molecule has 5 nitrogen and oxygen atoms in total. The van der Waals surface area contributed by atoms with Crippen molar-refractivity contribution in [3.63, 3.8) is 0 Å². The molecule has 5 heteroatoms. The van der Waals surface area contributed by atoms with Crippen LogP contribution in [0.1, 0.15) is 65.7 Å². The maximum Gasteiger partial charge on any atom is 0.303 e. The van der Waals surface area contributed by atoms with Gasteiger partial charge in [0.1, 0.15) is 0 Å². The number of carboxylic acids is 2. The monoisotopic (exact) mass is 289 g/mol. The normalized spacial score (nSPS) is 10.0. The molecule has 2 N–H and O–H groups in total. The lowest BCUT2D eigenvalue weighted by molar-refractivity contribution is -0.139. The molecule has 0 aromatic heterocycles. The van der Waals surface area contributed by atoms with Gasteiger partial charge in [0.25, 0.3) is 0 Å². The zero-order valence-electron chi connectivity index (χ0n) is 13.2. The van der Waals surface area contributed by atoms with E-state index in [0.29, 0.717) is 12.8 Å². The highest BCUT2D eigenvalue weighted by molar-refractivity contribution is 5.67. The van der Waals surface area contributed by atoms with Gasteiger partial charge in [-0.1, -0.05) is 20.8 Å². The third-order valence-electron chi connectivity index (χ3n) is 2.65. The Morgan fingerprint density at radius 3 is 1.25 bits per heavy atom. The lowest BCUT2D eigenvalue weighted by Crippen LogP contribution is -2.25. The highest BCUT2D eigenvalue weighted by Gasteiger charge is 1.99. The second kappa shape index (κ2) is 16.0. The second-order valence-corrected chi connectivity index (χ2v) is 4.84. The maximum atomic E-state index is 9.90.